The molecule has 0 saturated heterocycles. The van der Waals surface area contributed by atoms with Crippen LogP contribution in [0.25, 0.3) is 0 Å². The summed E-state index contributed by atoms with van der Waals surface area (Å²) in [5.41, 5.74) is 6.56. The van der Waals surface area contributed by atoms with Gasteiger partial charge in [0.2, 0.25) is 0 Å². The fourth-order valence-electron chi connectivity index (χ4n) is 1.55. The average Bonchev–Trinajstić information content (AvgIpc) is 2.29. The molecule has 0 unspecified atom stereocenters. The minimum Gasteiger partial charge on any atom is -0.493 e. The number of benzene rings is 1. The molecule has 1 aliphatic rings. The van der Waals surface area contributed by atoms with Gasteiger partial charge in [-0.1, -0.05) is 18.2 Å². The van der Waals surface area contributed by atoms with Crippen molar-refractivity contribution in [3.63, 3.8) is 0 Å². The van der Waals surface area contributed by atoms with E-state index in [1.807, 2.05) is 24.3 Å². The zero-order valence-corrected chi connectivity index (χ0v) is 7.31. The van der Waals surface area contributed by atoms with Crippen LogP contribution in [0.15, 0.2) is 24.3 Å². The summed E-state index contributed by atoms with van der Waals surface area (Å²) in [6.07, 6.45) is 0.0919. The van der Waals surface area contributed by atoms with E-state index in [9.17, 15) is 5.11 Å². The van der Waals surface area contributed by atoms with Gasteiger partial charge in [-0.3, -0.25) is 0 Å². The Labute approximate surface area is 77.1 Å². The summed E-state index contributed by atoms with van der Waals surface area (Å²) in [4.78, 5) is 0. The number of nitrogens with two attached hydrogens (primary N) is 1. The molecule has 1 aromatic carbocycles. The number of ether oxygens (including phenoxy) is 1. The van der Waals surface area contributed by atoms with Crippen molar-refractivity contribution in [1.82, 2.24) is 0 Å². The average molecular weight is 179 g/mol. The predicted molar refractivity (Wildman–Crippen MR) is 49.5 cm³/mol. The molecule has 2 rings (SSSR count). The molecule has 0 fully saturated rings. The van der Waals surface area contributed by atoms with Gasteiger partial charge in [0.1, 0.15) is 5.75 Å². The lowest BCUT2D eigenvalue weighted by molar-refractivity contribution is 0.145. The lowest BCUT2D eigenvalue weighted by Gasteiger charge is -2.15. The summed E-state index contributed by atoms with van der Waals surface area (Å²) >= 11 is 0. The van der Waals surface area contributed by atoms with Crippen LogP contribution in [0.1, 0.15) is 18.1 Å². The standard InChI is InChI=1S/C10H13NO2/c11-8-5-6-13-9-4-2-1-3-7(9)10(8)12/h1-4,8,10,12H,5-6,11H2/t8-,10+/m1/s1. The lowest BCUT2D eigenvalue weighted by Crippen LogP contribution is -2.28. The maximum absolute atomic E-state index is 9.80. The van der Waals surface area contributed by atoms with E-state index >= 15 is 0 Å². The van der Waals surface area contributed by atoms with Crippen molar-refractivity contribution in [3.8, 4) is 5.75 Å². The number of hydrogen-bond acceptors (Lipinski definition) is 3. The Morgan fingerprint density at radius 3 is 3.00 bits per heavy atom. The maximum Gasteiger partial charge on any atom is 0.125 e. The first-order valence-electron chi connectivity index (χ1n) is 4.44. The third-order valence-electron chi connectivity index (χ3n) is 2.35. The Balaban J connectivity index is 2.40. The number of fused-ring (bicyclic) bond motifs is 1. The van der Waals surface area contributed by atoms with Gasteiger partial charge in [-0.05, 0) is 12.5 Å². The van der Waals surface area contributed by atoms with Crippen LogP contribution in [-0.4, -0.2) is 17.8 Å². The molecule has 3 nitrogen and oxygen atoms in total. The predicted octanol–water partition coefficient (Wildman–Crippen LogP) is 0.830. The van der Waals surface area contributed by atoms with Gasteiger partial charge in [-0.25, -0.2) is 0 Å². The van der Waals surface area contributed by atoms with Crippen molar-refractivity contribution < 1.29 is 9.84 Å². The van der Waals surface area contributed by atoms with E-state index < -0.39 is 6.10 Å². The van der Waals surface area contributed by atoms with Gasteiger partial charge in [-0.2, -0.15) is 0 Å². The number of aliphatic hydroxyl groups excluding tert-OH is 1. The highest BCUT2D eigenvalue weighted by molar-refractivity contribution is 5.36. The summed E-state index contributed by atoms with van der Waals surface area (Å²) in [5, 5.41) is 9.80. The molecule has 0 spiro atoms. The minimum absolute atomic E-state index is 0.219. The molecule has 1 aliphatic heterocycles. The van der Waals surface area contributed by atoms with Crippen LogP contribution in [-0.2, 0) is 0 Å². The zero-order valence-electron chi connectivity index (χ0n) is 7.31. The highest BCUT2D eigenvalue weighted by Gasteiger charge is 2.23. The Kier molecular flexibility index (Phi) is 2.20. The molecule has 0 amide bonds. The van der Waals surface area contributed by atoms with E-state index in [-0.39, 0.29) is 6.04 Å². The van der Waals surface area contributed by atoms with E-state index in [0.717, 1.165) is 11.3 Å². The fourth-order valence-corrected chi connectivity index (χ4v) is 1.55. The largest absolute Gasteiger partial charge is 0.493 e. The Morgan fingerprint density at radius 2 is 2.15 bits per heavy atom. The van der Waals surface area contributed by atoms with E-state index in [4.69, 9.17) is 10.5 Å². The summed E-state index contributed by atoms with van der Waals surface area (Å²) in [6, 6.07) is 7.26. The van der Waals surface area contributed by atoms with Crippen LogP contribution in [0.2, 0.25) is 0 Å². The summed E-state index contributed by atoms with van der Waals surface area (Å²) in [5.74, 6) is 0.753. The first-order chi connectivity index (χ1) is 6.29. The number of hydrogen-bond donors (Lipinski definition) is 2. The normalized spacial score (nSPS) is 27.2. The van der Waals surface area contributed by atoms with Crippen molar-refractivity contribution in [3.05, 3.63) is 29.8 Å². The van der Waals surface area contributed by atoms with Gasteiger partial charge in [-0.15, -0.1) is 0 Å². The first-order valence-corrected chi connectivity index (χ1v) is 4.44. The van der Waals surface area contributed by atoms with Crippen LogP contribution in [0.3, 0.4) is 0 Å². The Bertz CT molecular complexity index is 301. The molecule has 1 heterocycles. The maximum atomic E-state index is 9.80. The molecule has 0 aliphatic carbocycles. The number of rotatable bonds is 0. The topological polar surface area (TPSA) is 55.5 Å². The third kappa shape index (κ3) is 1.53. The molecule has 3 heteroatoms. The molecule has 0 aromatic heterocycles. The van der Waals surface area contributed by atoms with Gasteiger partial charge in [0.15, 0.2) is 0 Å². The summed E-state index contributed by atoms with van der Waals surface area (Å²) in [7, 11) is 0. The zero-order chi connectivity index (χ0) is 9.26. The highest BCUT2D eigenvalue weighted by Crippen LogP contribution is 2.30. The van der Waals surface area contributed by atoms with E-state index in [1.54, 1.807) is 0 Å². The second-order valence-corrected chi connectivity index (χ2v) is 3.28. The number of aliphatic hydroxyl groups is 1. The monoisotopic (exact) mass is 179 g/mol. The molecule has 0 bridgehead atoms. The quantitative estimate of drug-likeness (QED) is 0.620. The molecular formula is C10H13NO2. The smallest absolute Gasteiger partial charge is 0.125 e. The molecule has 13 heavy (non-hydrogen) atoms. The van der Waals surface area contributed by atoms with Gasteiger partial charge >= 0.3 is 0 Å². The second-order valence-electron chi connectivity index (χ2n) is 3.28. The van der Waals surface area contributed by atoms with Gasteiger partial charge < -0.3 is 15.6 Å². The molecule has 1 aromatic rings. The molecule has 70 valence electrons. The second kappa shape index (κ2) is 3.36. The van der Waals surface area contributed by atoms with Crippen molar-refractivity contribution in [2.24, 2.45) is 5.73 Å². The van der Waals surface area contributed by atoms with Crippen LogP contribution in [0.5, 0.6) is 5.75 Å². The first kappa shape index (κ1) is 8.53. The molecule has 3 N–H and O–H groups in total. The Hall–Kier alpha value is -1.06. The minimum atomic E-state index is -0.598. The van der Waals surface area contributed by atoms with Crippen molar-refractivity contribution in [2.75, 3.05) is 6.61 Å². The highest BCUT2D eigenvalue weighted by atomic mass is 16.5. The SMILES string of the molecule is N[C@@H]1CCOc2ccccc2[C@@H]1O. The van der Waals surface area contributed by atoms with Crippen molar-refractivity contribution in [2.45, 2.75) is 18.6 Å². The van der Waals surface area contributed by atoms with Crippen LogP contribution >= 0.6 is 0 Å². The van der Waals surface area contributed by atoms with E-state index in [2.05, 4.69) is 0 Å². The third-order valence-corrected chi connectivity index (χ3v) is 2.35. The fraction of sp³-hybridized carbons (Fsp3) is 0.400. The van der Waals surface area contributed by atoms with Crippen molar-refractivity contribution in [1.29, 1.82) is 0 Å². The van der Waals surface area contributed by atoms with Gasteiger partial charge in [0.05, 0.1) is 12.7 Å². The van der Waals surface area contributed by atoms with Gasteiger partial charge in [0, 0.05) is 11.6 Å². The summed E-state index contributed by atoms with van der Waals surface area (Å²) in [6.45, 7) is 0.579. The van der Waals surface area contributed by atoms with Crippen molar-refractivity contribution >= 4 is 0 Å². The van der Waals surface area contributed by atoms with E-state index in [1.165, 1.54) is 0 Å². The summed E-state index contributed by atoms with van der Waals surface area (Å²) < 4.78 is 5.45. The molecule has 0 radical (unpaired) electrons. The Morgan fingerprint density at radius 1 is 1.38 bits per heavy atom. The van der Waals surface area contributed by atoms with Crippen LogP contribution in [0, 0.1) is 0 Å². The molecular weight excluding hydrogens is 166 g/mol. The number of para-hydroxylation sites is 1. The lowest BCUT2D eigenvalue weighted by atomic mass is 10.0. The van der Waals surface area contributed by atoms with Crippen LogP contribution in [0.4, 0.5) is 0 Å². The molecule has 0 saturated carbocycles. The van der Waals surface area contributed by atoms with Gasteiger partial charge in [0.25, 0.3) is 0 Å². The molecule has 2 atom stereocenters. The van der Waals surface area contributed by atoms with E-state index in [0.29, 0.717) is 13.0 Å². The van der Waals surface area contributed by atoms with Crippen LogP contribution < -0.4 is 10.5 Å².